The highest BCUT2D eigenvalue weighted by atomic mass is 16.5. The van der Waals surface area contributed by atoms with Gasteiger partial charge in [0.2, 0.25) is 5.88 Å². The maximum atomic E-state index is 5.99. The first-order valence-corrected chi connectivity index (χ1v) is 7.21. The molecule has 2 rings (SSSR count). The monoisotopic (exact) mass is 258 g/mol. The predicted octanol–water partition coefficient (Wildman–Crippen LogP) is 2.75. The Morgan fingerprint density at radius 2 is 2.26 bits per heavy atom. The highest BCUT2D eigenvalue weighted by Gasteiger charge is 2.16. The summed E-state index contributed by atoms with van der Waals surface area (Å²) in [6.07, 6.45) is 7.40. The summed E-state index contributed by atoms with van der Waals surface area (Å²) in [6.45, 7) is 4.22. The van der Waals surface area contributed by atoms with E-state index in [0.717, 1.165) is 44.3 Å². The zero-order valence-corrected chi connectivity index (χ0v) is 11.6. The molecule has 0 amide bonds. The van der Waals surface area contributed by atoms with Crippen LogP contribution in [0.3, 0.4) is 0 Å². The molecule has 0 bridgehead atoms. The zero-order chi connectivity index (χ0) is 13.3. The van der Waals surface area contributed by atoms with E-state index >= 15 is 0 Å². The van der Waals surface area contributed by atoms with Gasteiger partial charge >= 0.3 is 0 Å². The molecule has 0 radical (unpaired) electrons. The van der Waals surface area contributed by atoms with E-state index in [2.05, 4.69) is 29.1 Å². The van der Waals surface area contributed by atoms with E-state index in [1.165, 1.54) is 6.42 Å². The number of unbranched alkanes of at least 4 members (excludes halogenated alkanes) is 2. The SMILES string of the molecule is CCCCC#Cc1cccnc1OC1CCNCC1. The Morgan fingerprint density at radius 3 is 3.05 bits per heavy atom. The third-order valence-electron chi connectivity index (χ3n) is 3.21. The molecule has 1 fully saturated rings. The fourth-order valence-corrected chi connectivity index (χ4v) is 2.07. The van der Waals surface area contributed by atoms with Crippen molar-refractivity contribution in [2.45, 2.75) is 45.1 Å². The Bertz CT molecular complexity index is 442. The number of piperidine rings is 1. The molecule has 0 aliphatic carbocycles. The first-order valence-electron chi connectivity index (χ1n) is 7.21. The van der Waals surface area contributed by atoms with Gasteiger partial charge in [0.25, 0.3) is 0 Å². The van der Waals surface area contributed by atoms with Crippen LogP contribution >= 0.6 is 0 Å². The van der Waals surface area contributed by atoms with Crippen LogP contribution < -0.4 is 10.1 Å². The van der Waals surface area contributed by atoms with E-state index in [1.807, 2.05) is 12.1 Å². The summed E-state index contributed by atoms with van der Waals surface area (Å²) in [5.41, 5.74) is 0.914. The highest BCUT2D eigenvalue weighted by Crippen LogP contribution is 2.18. The topological polar surface area (TPSA) is 34.1 Å². The Balaban J connectivity index is 2.00. The number of ether oxygens (including phenoxy) is 1. The quantitative estimate of drug-likeness (QED) is 0.666. The molecule has 3 nitrogen and oxygen atoms in total. The summed E-state index contributed by atoms with van der Waals surface area (Å²) in [6, 6.07) is 3.90. The smallest absolute Gasteiger partial charge is 0.229 e. The van der Waals surface area contributed by atoms with Crippen LogP contribution in [0, 0.1) is 11.8 Å². The minimum absolute atomic E-state index is 0.271. The normalized spacial score (nSPS) is 15.6. The van der Waals surface area contributed by atoms with Gasteiger partial charge in [-0.15, -0.1) is 0 Å². The number of nitrogens with zero attached hydrogens (tertiary/aromatic N) is 1. The van der Waals surface area contributed by atoms with Gasteiger partial charge in [0, 0.05) is 12.6 Å². The molecule has 19 heavy (non-hydrogen) atoms. The molecule has 1 saturated heterocycles. The van der Waals surface area contributed by atoms with Crippen LogP contribution in [-0.4, -0.2) is 24.2 Å². The van der Waals surface area contributed by atoms with Crippen molar-refractivity contribution in [1.82, 2.24) is 10.3 Å². The summed E-state index contributed by atoms with van der Waals surface area (Å²) in [5.74, 6) is 7.08. The average molecular weight is 258 g/mol. The number of hydrogen-bond acceptors (Lipinski definition) is 3. The van der Waals surface area contributed by atoms with Gasteiger partial charge in [-0.1, -0.05) is 25.2 Å². The molecule has 0 unspecified atom stereocenters. The number of pyridine rings is 1. The van der Waals surface area contributed by atoms with Crippen LogP contribution in [-0.2, 0) is 0 Å². The van der Waals surface area contributed by atoms with Gasteiger partial charge in [0.1, 0.15) is 6.10 Å². The van der Waals surface area contributed by atoms with Gasteiger partial charge in [-0.05, 0) is 44.5 Å². The minimum Gasteiger partial charge on any atom is -0.473 e. The molecule has 1 aliphatic rings. The van der Waals surface area contributed by atoms with Crippen molar-refractivity contribution in [3.05, 3.63) is 23.9 Å². The van der Waals surface area contributed by atoms with Crippen molar-refractivity contribution in [2.75, 3.05) is 13.1 Å². The maximum absolute atomic E-state index is 5.99. The molecule has 2 heterocycles. The van der Waals surface area contributed by atoms with E-state index in [0.29, 0.717) is 5.88 Å². The van der Waals surface area contributed by atoms with Gasteiger partial charge in [0.15, 0.2) is 0 Å². The fraction of sp³-hybridized carbons (Fsp3) is 0.562. The lowest BCUT2D eigenvalue weighted by atomic mass is 10.1. The molecule has 0 atom stereocenters. The first kappa shape index (κ1) is 13.9. The van der Waals surface area contributed by atoms with Crippen LogP contribution in [0.2, 0.25) is 0 Å². The Labute approximate surface area is 115 Å². The molecular weight excluding hydrogens is 236 g/mol. The van der Waals surface area contributed by atoms with Gasteiger partial charge in [-0.25, -0.2) is 4.98 Å². The van der Waals surface area contributed by atoms with E-state index in [1.54, 1.807) is 6.20 Å². The molecule has 0 spiro atoms. The molecule has 0 aromatic carbocycles. The highest BCUT2D eigenvalue weighted by molar-refractivity contribution is 5.41. The lowest BCUT2D eigenvalue weighted by molar-refractivity contribution is 0.155. The van der Waals surface area contributed by atoms with Crippen molar-refractivity contribution in [2.24, 2.45) is 0 Å². The second-order valence-corrected chi connectivity index (χ2v) is 4.83. The van der Waals surface area contributed by atoms with Crippen LogP contribution in [0.15, 0.2) is 18.3 Å². The number of hydrogen-bond donors (Lipinski definition) is 1. The average Bonchev–Trinajstić information content (AvgIpc) is 2.46. The minimum atomic E-state index is 0.271. The van der Waals surface area contributed by atoms with Crippen molar-refractivity contribution >= 4 is 0 Å². The fourth-order valence-electron chi connectivity index (χ4n) is 2.07. The second-order valence-electron chi connectivity index (χ2n) is 4.83. The Hall–Kier alpha value is -1.53. The molecule has 1 aliphatic heterocycles. The predicted molar refractivity (Wildman–Crippen MR) is 77.2 cm³/mol. The molecule has 1 aromatic heterocycles. The summed E-state index contributed by atoms with van der Waals surface area (Å²) in [4.78, 5) is 4.33. The summed E-state index contributed by atoms with van der Waals surface area (Å²) >= 11 is 0. The van der Waals surface area contributed by atoms with E-state index in [9.17, 15) is 0 Å². The largest absolute Gasteiger partial charge is 0.473 e. The van der Waals surface area contributed by atoms with Gasteiger partial charge in [0.05, 0.1) is 5.56 Å². The van der Waals surface area contributed by atoms with Crippen LogP contribution in [0.5, 0.6) is 5.88 Å². The molecule has 1 aromatic rings. The van der Waals surface area contributed by atoms with Crippen LogP contribution in [0.4, 0.5) is 0 Å². The van der Waals surface area contributed by atoms with Crippen molar-refractivity contribution in [3.63, 3.8) is 0 Å². The van der Waals surface area contributed by atoms with Gasteiger partial charge in [-0.2, -0.15) is 0 Å². The van der Waals surface area contributed by atoms with Gasteiger partial charge in [-0.3, -0.25) is 0 Å². The first-order chi connectivity index (χ1) is 9.40. The van der Waals surface area contributed by atoms with Crippen molar-refractivity contribution in [1.29, 1.82) is 0 Å². The second kappa shape index (κ2) is 7.81. The molecule has 1 N–H and O–H groups in total. The lowest BCUT2D eigenvalue weighted by Crippen LogP contribution is -2.34. The third kappa shape index (κ3) is 4.57. The molecule has 102 valence electrons. The zero-order valence-electron chi connectivity index (χ0n) is 11.6. The summed E-state index contributed by atoms with van der Waals surface area (Å²) in [5, 5.41) is 3.34. The molecular formula is C16H22N2O. The molecule has 0 saturated carbocycles. The van der Waals surface area contributed by atoms with E-state index in [-0.39, 0.29) is 6.10 Å². The number of aromatic nitrogens is 1. The number of rotatable bonds is 4. The third-order valence-corrected chi connectivity index (χ3v) is 3.21. The van der Waals surface area contributed by atoms with Gasteiger partial charge < -0.3 is 10.1 Å². The van der Waals surface area contributed by atoms with Crippen molar-refractivity contribution in [3.8, 4) is 17.7 Å². The number of nitrogens with one attached hydrogen (secondary N) is 1. The lowest BCUT2D eigenvalue weighted by Gasteiger charge is -2.23. The van der Waals surface area contributed by atoms with Crippen molar-refractivity contribution < 1.29 is 4.74 Å². The van der Waals surface area contributed by atoms with Crippen LogP contribution in [0.25, 0.3) is 0 Å². The Morgan fingerprint density at radius 1 is 1.42 bits per heavy atom. The van der Waals surface area contributed by atoms with Crippen LogP contribution in [0.1, 0.15) is 44.6 Å². The summed E-state index contributed by atoms with van der Waals surface area (Å²) < 4.78 is 5.99. The maximum Gasteiger partial charge on any atom is 0.229 e. The van der Waals surface area contributed by atoms with E-state index < -0.39 is 0 Å². The Kier molecular flexibility index (Phi) is 5.71. The standard InChI is InChI=1S/C16H22N2O/c1-2-3-4-5-7-14-8-6-11-18-16(14)19-15-9-12-17-13-10-15/h6,8,11,15,17H,2-4,9-10,12-13H2,1H3. The molecule has 3 heteroatoms. The van der Waals surface area contributed by atoms with E-state index in [4.69, 9.17) is 4.74 Å². The summed E-state index contributed by atoms with van der Waals surface area (Å²) in [7, 11) is 0.